The van der Waals surface area contributed by atoms with Gasteiger partial charge < -0.3 is 5.73 Å². The molecule has 0 bridgehead atoms. The topological polar surface area (TPSA) is 69.6 Å². The van der Waals surface area contributed by atoms with E-state index in [0.717, 1.165) is 18.7 Å². The average molecular weight is 251 g/mol. The number of aryl methyl sites for hydroxylation is 1. The minimum Gasteiger partial charge on any atom is -0.324 e. The zero-order valence-corrected chi connectivity index (χ0v) is 11.9. The highest BCUT2D eigenvalue weighted by Gasteiger charge is 2.42. The van der Waals surface area contributed by atoms with Gasteiger partial charge in [0, 0.05) is 12.0 Å². The summed E-state index contributed by atoms with van der Waals surface area (Å²) in [7, 11) is 1.79. The smallest absolute Gasteiger partial charge is 0.176 e. The second-order valence-electron chi connectivity index (χ2n) is 6.34. The molecule has 2 N–H and O–H groups in total. The Balaban J connectivity index is 2.18. The Hall–Kier alpha value is -0.970. The van der Waals surface area contributed by atoms with Crippen molar-refractivity contribution in [2.45, 2.75) is 52.0 Å². The number of hydrogen-bond donors (Lipinski definition) is 1. The molecule has 5 heteroatoms. The number of nitrogens with two attached hydrogens (primary N) is 1. The molecule has 0 amide bonds. The molecule has 0 spiro atoms. The van der Waals surface area contributed by atoms with E-state index < -0.39 is 0 Å². The van der Waals surface area contributed by atoms with Crippen LogP contribution in [0.1, 0.15) is 45.9 Å². The summed E-state index contributed by atoms with van der Waals surface area (Å²) in [6.45, 7) is 6.83. The van der Waals surface area contributed by atoms with Gasteiger partial charge in [-0.15, -0.1) is 10.2 Å². The summed E-state index contributed by atoms with van der Waals surface area (Å²) in [5.41, 5.74) is 6.55. The molecule has 0 aliphatic heterocycles. The van der Waals surface area contributed by atoms with Gasteiger partial charge in [0.15, 0.2) is 5.82 Å². The zero-order chi connectivity index (χ0) is 13.3. The highest BCUT2D eigenvalue weighted by atomic mass is 15.6. The van der Waals surface area contributed by atoms with Gasteiger partial charge in [0.1, 0.15) is 0 Å². The van der Waals surface area contributed by atoms with E-state index >= 15 is 0 Å². The summed E-state index contributed by atoms with van der Waals surface area (Å²) < 4.78 is 0. The summed E-state index contributed by atoms with van der Waals surface area (Å²) in [4.78, 5) is 1.51. The third-order valence-corrected chi connectivity index (χ3v) is 4.28. The Labute approximate surface area is 109 Å². The highest BCUT2D eigenvalue weighted by Crippen LogP contribution is 2.40. The van der Waals surface area contributed by atoms with Crippen LogP contribution in [0.4, 0.5) is 0 Å². The first kappa shape index (κ1) is 13.5. The fourth-order valence-corrected chi connectivity index (χ4v) is 3.54. The molecule has 102 valence electrons. The van der Waals surface area contributed by atoms with E-state index in [1.165, 1.54) is 17.6 Å². The molecule has 1 aromatic rings. The van der Waals surface area contributed by atoms with Gasteiger partial charge in [-0.3, -0.25) is 0 Å². The van der Waals surface area contributed by atoms with Crippen LogP contribution in [0.5, 0.6) is 0 Å². The molecule has 3 unspecified atom stereocenters. The normalized spacial score (nSPS) is 33.0. The quantitative estimate of drug-likeness (QED) is 0.884. The van der Waals surface area contributed by atoms with Crippen molar-refractivity contribution in [2.75, 3.05) is 0 Å². The third kappa shape index (κ3) is 2.71. The van der Waals surface area contributed by atoms with Crippen LogP contribution in [-0.4, -0.2) is 25.7 Å². The first-order valence-electron chi connectivity index (χ1n) is 6.92. The van der Waals surface area contributed by atoms with Gasteiger partial charge in [-0.1, -0.05) is 27.2 Å². The fourth-order valence-electron chi connectivity index (χ4n) is 3.54. The summed E-state index contributed by atoms with van der Waals surface area (Å²) >= 11 is 0. The van der Waals surface area contributed by atoms with Crippen molar-refractivity contribution in [1.29, 1.82) is 0 Å². The maximum atomic E-state index is 6.72. The fraction of sp³-hybridized carbons (Fsp3) is 0.923. The molecule has 0 radical (unpaired) electrons. The Kier molecular flexibility index (Phi) is 3.71. The molecule has 2 rings (SSSR count). The van der Waals surface area contributed by atoms with Crippen LogP contribution in [0.15, 0.2) is 0 Å². The predicted molar refractivity (Wildman–Crippen MR) is 70.8 cm³/mol. The molecule has 0 saturated heterocycles. The maximum Gasteiger partial charge on any atom is 0.176 e. The molecule has 18 heavy (non-hydrogen) atoms. The van der Waals surface area contributed by atoms with Gasteiger partial charge in [-0.25, -0.2) is 0 Å². The van der Waals surface area contributed by atoms with Crippen molar-refractivity contribution < 1.29 is 0 Å². The second-order valence-corrected chi connectivity index (χ2v) is 6.34. The van der Waals surface area contributed by atoms with E-state index in [-0.39, 0.29) is 5.54 Å². The molecule has 1 aliphatic rings. The van der Waals surface area contributed by atoms with E-state index in [9.17, 15) is 0 Å². The summed E-state index contributed by atoms with van der Waals surface area (Å²) in [5, 5.41) is 12.3. The first-order chi connectivity index (χ1) is 8.40. The van der Waals surface area contributed by atoms with Crippen LogP contribution >= 0.6 is 0 Å². The summed E-state index contributed by atoms with van der Waals surface area (Å²) in [5.74, 6) is 2.64. The largest absolute Gasteiger partial charge is 0.324 e. The van der Waals surface area contributed by atoms with Crippen LogP contribution in [0.2, 0.25) is 0 Å². The molecule has 1 saturated carbocycles. The molecular formula is C13H25N5. The van der Waals surface area contributed by atoms with E-state index in [1.807, 2.05) is 0 Å². The molecule has 1 aromatic heterocycles. The minimum absolute atomic E-state index is 0.172. The van der Waals surface area contributed by atoms with E-state index in [0.29, 0.717) is 17.8 Å². The highest BCUT2D eigenvalue weighted by molar-refractivity contribution is 5.03. The Morgan fingerprint density at radius 2 is 2.17 bits per heavy atom. The monoisotopic (exact) mass is 251 g/mol. The Bertz CT molecular complexity index is 400. The lowest BCUT2D eigenvalue weighted by atomic mass is 9.64. The van der Waals surface area contributed by atoms with Crippen LogP contribution in [-0.2, 0) is 13.5 Å². The van der Waals surface area contributed by atoms with Crippen molar-refractivity contribution in [3.05, 3.63) is 5.82 Å². The van der Waals surface area contributed by atoms with Crippen molar-refractivity contribution in [3.8, 4) is 0 Å². The molecule has 1 aliphatic carbocycles. The van der Waals surface area contributed by atoms with Crippen LogP contribution in [0.25, 0.3) is 0 Å². The Morgan fingerprint density at radius 3 is 2.72 bits per heavy atom. The molecule has 5 nitrogen and oxygen atoms in total. The standard InChI is InChI=1S/C13H25N5/c1-9(2)11-6-5-10(3)7-13(11,14)8-12-15-17-18(4)16-12/h9-11H,5-8,14H2,1-4H3. The van der Waals surface area contributed by atoms with Crippen molar-refractivity contribution in [2.24, 2.45) is 30.5 Å². The van der Waals surface area contributed by atoms with E-state index in [2.05, 4.69) is 36.2 Å². The molecule has 1 heterocycles. The lowest BCUT2D eigenvalue weighted by Gasteiger charge is -2.45. The van der Waals surface area contributed by atoms with Crippen molar-refractivity contribution >= 4 is 0 Å². The molecule has 0 aromatic carbocycles. The lowest BCUT2D eigenvalue weighted by Crippen LogP contribution is -2.54. The first-order valence-corrected chi connectivity index (χ1v) is 6.92. The number of rotatable bonds is 3. The lowest BCUT2D eigenvalue weighted by molar-refractivity contribution is 0.107. The van der Waals surface area contributed by atoms with Gasteiger partial charge in [0.25, 0.3) is 0 Å². The van der Waals surface area contributed by atoms with Crippen LogP contribution in [0.3, 0.4) is 0 Å². The second kappa shape index (κ2) is 4.96. The van der Waals surface area contributed by atoms with Gasteiger partial charge in [0.05, 0.1) is 7.05 Å². The van der Waals surface area contributed by atoms with E-state index in [1.54, 1.807) is 7.05 Å². The zero-order valence-electron chi connectivity index (χ0n) is 11.9. The van der Waals surface area contributed by atoms with E-state index in [4.69, 9.17) is 5.73 Å². The summed E-state index contributed by atoms with van der Waals surface area (Å²) in [6.07, 6.45) is 4.31. The predicted octanol–water partition coefficient (Wildman–Crippen LogP) is 1.54. The van der Waals surface area contributed by atoms with Gasteiger partial charge in [-0.2, -0.15) is 4.80 Å². The van der Waals surface area contributed by atoms with Crippen molar-refractivity contribution in [1.82, 2.24) is 20.2 Å². The SMILES string of the molecule is CC1CCC(C(C)C)C(N)(Cc2nnn(C)n2)C1. The minimum atomic E-state index is -0.172. The van der Waals surface area contributed by atoms with Crippen LogP contribution in [0, 0.1) is 17.8 Å². The number of nitrogens with zero attached hydrogens (tertiary/aromatic N) is 4. The number of aromatic nitrogens is 4. The molecule has 3 atom stereocenters. The van der Waals surface area contributed by atoms with Crippen molar-refractivity contribution in [3.63, 3.8) is 0 Å². The average Bonchev–Trinajstić information content (AvgIpc) is 2.62. The van der Waals surface area contributed by atoms with Gasteiger partial charge >= 0.3 is 0 Å². The van der Waals surface area contributed by atoms with Gasteiger partial charge in [-0.05, 0) is 35.8 Å². The number of tetrazole rings is 1. The molecular weight excluding hydrogens is 226 g/mol. The maximum absolute atomic E-state index is 6.72. The third-order valence-electron chi connectivity index (χ3n) is 4.28. The molecule has 1 fully saturated rings. The summed E-state index contributed by atoms with van der Waals surface area (Å²) in [6, 6.07) is 0. The Morgan fingerprint density at radius 1 is 1.44 bits per heavy atom. The number of hydrogen-bond acceptors (Lipinski definition) is 4. The van der Waals surface area contributed by atoms with Crippen LogP contribution < -0.4 is 5.73 Å². The van der Waals surface area contributed by atoms with Gasteiger partial charge in [0.2, 0.25) is 0 Å².